The summed E-state index contributed by atoms with van der Waals surface area (Å²) in [5.74, 6) is -0.0389. The molecule has 10 atom stereocenters. The summed E-state index contributed by atoms with van der Waals surface area (Å²) < 4.78 is 6.17. The third-order valence-electron chi connectivity index (χ3n) is 16.3. The zero-order valence-electron chi connectivity index (χ0n) is 33.9. The Bertz CT molecular complexity index is 1650. The molecule has 294 valence electrons. The van der Waals surface area contributed by atoms with Gasteiger partial charge in [0.25, 0.3) is 0 Å². The van der Waals surface area contributed by atoms with Crippen LogP contribution in [0.25, 0.3) is 0 Å². The second kappa shape index (κ2) is 13.7. The number of nitrogens with zero attached hydrogens (tertiary/aromatic N) is 1. The van der Waals surface area contributed by atoms with Crippen molar-refractivity contribution in [1.82, 2.24) is 10.3 Å². The third-order valence-corrected chi connectivity index (χ3v) is 16.5. The fourth-order valence-electron chi connectivity index (χ4n) is 13.1. The van der Waals surface area contributed by atoms with E-state index in [2.05, 4.69) is 58.8 Å². The largest absolute Gasteiger partial charge is 0.481 e. The van der Waals surface area contributed by atoms with Gasteiger partial charge in [0.1, 0.15) is 6.10 Å². The van der Waals surface area contributed by atoms with Crippen LogP contribution in [0, 0.1) is 56.2 Å². The Hall–Kier alpha value is -2.29. The average molecular weight is 753 g/mol. The van der Waals surface area contributed by atoms with E-state index in [1.807, 2.05) is 19.1 Å². The SMILES string of the molecule is CC(C)C1=C2[C@H]3CC[C@@H]4[C@@]5(C)CC[C@H](OC(=O)CC(C)(C)C(=O)O)C(C)(C)[C@@H]5CC[C@@]4(C)[C@]3(C)CC[C@@]2(C(O)CN[C@@H](C)c2ccc(Cl)cn2)CC1=O. The Balaban J connectivity index is 1.26. The zero-order valence-corrected chi connectivity index (χ0v) is 34.7. The molecule has 0 bridgehead atoms. The minimum atomic E-state index is -1.17. The molecule has 5 aliphatic carbocycles. The fourth-order valence-corrected chi connectivity index (χ4v) is 13.3. The van der Waals surface area contributed by atoms with E-state index in [1.54, 1.807) is 20.0 Å². The van der Waals surface area contributed by atoms with Crippen LogP contribution in [0.4, 0.5) is 0 Å². The van der Waals surface area contributed by atoms with Crippen LogP contribution < -0.4 is 5.32 Å². The predicted octanol–water partition coefficient (Wildman–Crippen LogP) is 9.14. The van der Waals surface area contributed by atoms with Crippen molar-refractivity contribution in [3.63, 3.8) is 0 Å². The van der Waals surface area contributed by atoms with Gasteiger partial charge in [-0.15, -0.1) is 0 Å². The van der Waals surface area contributed by atoms with Crippen molar-refractivity contribution < 1.29 is 29.3 Å². The molecular formula is C44H65ClN2O6. The molecule has 1 aromatic rings. The maximum atomic E-state index is 14.1. The van der Waals surface area contributed by atoms with Crippen LogP contribution in [0.1, 0.15) is 145 Å². The number of carbonyl (C=O) groups is 3. The molecule has 1 aromatic heterocycles. The number of ketones is 1. The maximum absolute atomic E-state index is 14.1. The Kier molecular flexibility index (Phi) is 10.5. The number of nitrogens with one attached hydrogen (secondary N) is 1. The van der Waals surface area contributed by atoms with E-state index in [-0.39, 0.29) is 57.8 Å². The summed E-state index contributed by atoms with van der Waals surface area (Å²) in [5.41, 5.74) is 1.18. The summed E-state index contributed by atoms with van der Waals surface area (Å²) in [6.45, 7) is 22.0. The lowest BCUT2D eigenvalue weighted by Gasteiger charge is -2.72. The molecule has 4 fully saturated rings. The Morgan fingerprint density at radius 1 is 0.981 bits per heavy atom. The molecule has 9 heteroatoms. The molecule has 0 saturated heterocycles. The number of esters is 1. The number of rotatable bonds is 10. The van der Waals surface area contributed by atoms with Crippen molar-refractivity contribution >= 4 is 29.3 Å². The van der Waals surface area contributed by atoms with E-state index in [0.717, 1.165) is 62.6 Å². The number of aromatic nitrogens is 1. The molecule has 0 amide bonds. The number of allylic oxidation sites excluding steroid dienone is 1. The van der Waals surface area contributed by atoms with Crippen LogP contribution in [0.3, 0.4) is 0 Å². The highest BCUT2D eigenvalue weighted by Gasteiger charge is 2.70. The minimum absolute atomic E-state index is 0.0307. The van der Waals surface area contributed by atoms with E-state index >= 15 is 0 Å². The molecule has 3 N–H and O–H groups in total. The minimum Gasteiger partial charge on any atom is -0.481 e. The number of carboxylic acids is 1. The van der Waals surface area contributed by atoms with Crippen molar-refractivity contribution in [2.45, 2.75) is 152 Å². The van der Waals surface area contributed by atoms with Crippen LogP contribution in [-0.4, -0.2) is 51.7 Å². The fraction of sp³-hybridized carbons (Fsp3) is 0.773. The number of hydrogen-bond acceptors (Lipinski definition) is 7. The van der Waals surface area contributed by atoms with Crippen molar-refractivity contribution in [1.29, 1.82) is 0 Å². The number of halogens is 1. The Morgan fingerprint density at radius 2 is 1.68 bits per heavy atom. The lowest BCUT2D eigenvalue weighted by atomic mass is 9.33. The number of hydrogen-bond donors (Lipinski definition) is 3. The summed E-state index contributed by atoms with van der Waals surface area (Å²) in [6.07, 6.45) is 8.65. The number of carboxylic acid groups (broad SMARTS) is 1. The molecule has 5 aliphatic rings. The molecule has 0 aromatic carbocycles. The Labute approximate surface area is 322 Å². The number of pyridine rings is 1. The van der Waals surface area contributed by atoms with Gasteiger partial charge in [0.05, 0.1) is 28.7 Å². The van der Waals surface area contributed by atoms with E-state index in [0.29, 0.717) is 29.8 Å². The van der Waals surface area contributed by atoms with Gasteiger partial charge >= 0.3 is 11.9 Å². The lowest BCUT2D eigenvalue weighted by molar-refractivity contribution is -0.235. The van der Waals surface area contributed by atoms with Gasteiger partial charge in [0.2, 0.25) is 0 Å². The summed E-state index contributed by atoms with van der Waals surface area (Å²) in [7, 11) is 0. The molecule has 8 nitrogen and oxygen atoms in total. The predicted molar refractivity (Wildman–Crippen MR) is 207 cm³/mol. The van der Waals surface area contributed by atoms with Crippen molar-refractivity contribution in [3.05, 3.63) is 40.2 Å². The lowest BCUT2D eigenvalue weighted by Crippen LogP contribution is -2.66. The number of aliphatic hydroxyl groups excluding tert-OH is 1. The van der Waals surface area contributed by atoms with Crippen LogP contribution in [0.5, 0.6) is 0 Å². The maximum Gasteiger partial charge on any atom is 0.309 e. The second-order valence-electron chi connectivity index (χ2n) is 20.1. The standard InChI is InChI=1S/C44H65ClN2O6/c1-25(2)36-30(48)21-44(33(49)24-46-26(3)29-13-11-27(45)23-47-29)20-19-42(9)28(37(36)44)12-14-32-41(8)17-16-34(53-35(50)22-39(4,5)38(51)52)40(6,7)31(41)15-18-43(32,42)10/h11,13,23,25-26,28,31-34,46,49H,12,14-22,24H2,1-10H3,(H,51,52)/t26-,28+,31-,32+,33?,34-,41-,42+,43+,44-/m0/s1. The van der Waals surface area contributed by atoms with Crippen LogP contribution in [-0.2, 0) is 19.1 Å². The second-order valence-corrected chi connectivity index (χ2v) is 20.5. The quantitative estimate of drug-likeness (QED) is 0.202. The van der Waals surface area contributed by atoms with Gasteiger partial charge in [0.15, 0.2) is 5.78 Å². The Morgan fingerprint density at radius 3 is 2.30 bits per heavy atom. The van der Waals surface area contributed by atoms with Crippen molar-refractivity contribution in [3.8, 4) is 0 Å². The first-order valence-corrected chi connectivity index (χ1v) is 20.7. The molecule has 0 spiro atoms. The smallest absolute Gasteiger partial charge is 0.309 e. The monoisotopic (exact) mass is 752 g/mol. The van der Waals surface area contributed by atoms with Crippen LogP contribution >= 0.6 is 11.6 Å². The summed E-state index contributed by atoms with van der Waals surface area (Å²) in [4.78, 5) is 43.4. The van der Waals surface area contributed by atoms with Gasteiger partial charge in [-0.3, -0.25) is 19.4 Å². The zero-order chi connectivity index (χ0) is 39.1. The van der Waals surface area contributed by atoms with Gasteiger partial charge in [0, 0.05) is 36.0 Å². The number of carbonyl (C=O) groups excluding carboxylic acids is 2. The van der Waals surface area contributed by atoms with Crippen molar-refractivity contribution in [2.24, 2.45) is 56.2 Å². The van der Waals surface area contributed by atoms with Gasteiger partial charge < -0.3 is 20.3 Å². The highest BCUT2D eigenvalue weighted by molar-refractivity contribution is 6.30. The first-order valence-electron chi connectivity index (χ1n) is 20.3. The van der Waals surface area contributed by atoms with Gasteiger partial charge in [-0.25, -0.2) is 0 Å². The van der Waals surface area contributed by atoms with E-state index in [9.17, 15) is 24.6 Å². The van der Waals surface area contributed by atoms with Gasteiger partial charge in [-0.1, -0.05) is 65.6 Å². The molecular weight excluding hydrogens is 688 g/mol. The molecule has 6 rings (SSSR count). The molecule has 0 aliphatic heterocycles. The number of fused-ring (bicyclic) bond motifs is 7. The number of aliphatic hydroxyl groups is 1. The highest BCUT2D eigenvalue weighted by Crippen LogP contribution is 2.77. The van der Waals surface area contributed by atoms with E-state index in [1.165, 1.54) is 5.57 Å². The molecule has 53 heavy (non-hydrogen) atoms. The molecule has 4 saturated carbocycles. The first-order chi connectivity index (χ1) is 24.5. The summed E-state index contributed by atoms with van der Waals surface area (Å²) >= 11 is 6.09. The molecule has 0 radical (unpaired) electrons. The van der Waals surface area contributed by atoms with Crippen LogP contribution in [0.15, 0.2) is 29.5 Å². The van der Waals surface area contributed by atoms with Crippen molar-refractivity contribution in [2.75, 3.05) is 6.54 Å². The van der Waals surface area contributed by atoms with Crippen LogP contribution in [0.2, 0.25) is 5.02 Å². The van der Waals surface area contributed by atoms with E-state index < -0.39 is 28.9 Å². The summed E-state index contributed by atoms with van der Waals surface area (Å²) in [5, 5.41) is 26.0. The number of Topliss-reactive ketones (excluding diaryl/α,β-unsaturated/α-hetero) is 1. The first kappa shape index (κ1) is 40.4. The highest BCUT2D eigenvalue weighted by atomic mass is 35.5. The third kappa shape index (κ3) is 6.33. The number of aliphatic carboxylic acids is 1. The average Bonchev–Trinajstić information content (AvgIpc) is 3.38. The van der Waals surface area contributed by atoms with E-state index in [4.69, 9.17) is 16.3 Å². The van der Waals surface area contributed by atoms with Gasteiger partial charge in [-0.05, 0) is 130 Å². The molecule has 1 unspecified atom stereocenters. The van der Waals surface area contributed by atoms with Gasteiger partial charge in [-0.2, -0.15) is 0 Å². The topological polar surface area (TPSA) is 126 Å². The number of ether oxygens (including phenoxy) is 1. The summed E-state index contributed by atoms with van der Waals surface area (Å²) in [6, 6.07) is 3.67. The molecule has 1 heterocycles. The normalized spacial score (nSPS) is 37.6.